The summed E-state index contributed by atoms with van der Waals surface area (Å²) in [6, 6.07) is 0. The molecule has 0 saturated heterocycles. The van der Waals surface area contributed by atoms with Gasteiger partial charge in [-0.1, -0.05) is 19.8 Å². The molecule has 1 heterocycles. The number of nitrogens with zero attached hydrogens (tertiary/aromatic N) is 1. The lowest BCUT2D eigenvalue weighted by Gasteiger charge is -2.36. The van der Waals surface area contributed by atoms with Gasteiger partial charge in [0.05, 0.1) is 5.69 Å². The average Bonchev–Trinajstić information content (AvgIpc) is 2.68. The molecular weight excluding hydrogens is 260 g/mol. The molecule has 1 aromatic heterocycles. The summed E-state index contributed by atoms with van der Waals surface area (Å²) < 4.78 is 5.25. The van der Waals surface area contributed by atoms with Crippen molar-refractivity contribution >= 4 is 11.9 Å². The fourth-order valence-corrected chi connectivity index (χ4v) is 2.93. The minimum Gasteiger partial charge on any atom is -0.480 e. The van der Waals surface area contributed by atoms with Gasteiger partial charge < -0.3 is 14.8 Å². The molecule has 0 radical (unpaired) electrons. The second-order valence-electron chi connectivity index (χ2n) is 5.69. The molecule has 110 valence electrons. The Morgan fingerprint density at radius 2 is 2.15 bits per heavy atom. The quantitative estimate of drug-likeness (QED) is 0.884. The molecular formula is C14H20N2O4. The van der Waals surface area contributed by atoms with Crippen LogP contribution in [0.25, 0.3) is 0 Å². The highest BCUT2D eigenvalue weighted by Crippen LogP contribution is 2.33. The summed E-state index contributed by atoms with van der Waals surface area (Å²) in [5, 5.41) is 12.2. The Kier molecular flexibility index (Phi) is 3.83. The molecule has 0 aromatic carbocycles. The van der Waals surface area contributed by atoms with Gasteiger partial charge in [0.1, 0.15) is 5.54 Å². The average molecular weight is 280 g/mol. The van der Waals surface area contributed by atoms with Crippen molar-refractivity contribution in [2.24, 2.45) is 5.92 Å². The molecule has 1 fully saturated rings. The first-order valence-corrected chi connectivity index (χ1v) is 6.84. The number of rotatable bonds is 3. The van der Waals surface area contributed by atoms with E-state index < -0.39 is 17.4 Å². The predicted molar refractivity (Wildman–Crippen MR) is 71.4 cm³/mol. The molecule has 2 unspecified atom stereocenters. The fourth-order valence-electron chi connectivity index (χ4n) is 2.93. The van der Waals surface area contributed by atoms with Gasteiger partial charge in [0, 0.05) is 6.92 Å². The smallest absolute Gasteiger partial charge is 0.329 e. The Labute approximate surface area is 117 Å². The van der Waals surface area contributed by atoms with Crippen LogP contribution in [0.4, 0.5) is 0 Å². The monoisotopic (exact) mass is 280 g/mol. The van der Waals surface area contributed by atoms with Gasteiger partial charge in [-0.2, -0.15) is 0 Å². The van der Waals surface area contributed by atoms with Crippen LogP contribution in [-0.2, 0) is 4.79 Å². The van der Waals surface area contributed by atoms with E-state index in [1.807, 2.05) is 6.92 Å². The van der Waals surface area contributed by atoms with Crippen LogP contribution in [0, 0.1) is 19.8 Å². The summed E-state index contributed by atoms with van der Waals surface area (Å²) >= 11 is 0. The SMILES string of the molecule is Cc1nc(C)c(C(=O)NC2(C(=O)O)CCCC(C)C2)o1. The summed E-state index contributed by atoms with van der Waals surface area (Å²) in [4.78, 5) is 27.9. The largest absolute Gasteiger partial charge is 0.480 e. The molecule has 20 heavy (non-hydrogen) atoms. The Hall–Kier alpha value is -1.85. The summed E-state index contributed by atoms with van der Waals surface area (Å²) in [7, 11) is 0. The second kappa shape index (κ2) is 5.26. The molecule has 1 aromatic rings. The van der Waals surface area contributed by atoms with Gasteiger partial charge in [-0.3, -0.25) is 4.79 Å². The zero-order valence-electron chi connectivity index (χ0n) is 12.0. The van der Waals surface area contributed by atoms with Crippen LogP contribution < -0.4 is 5.32 Å². The van der Waals surface area contributed by atoms with Crippen molar-refractivity contribution in [1.82, 2.24) is 10.3 Å². The molecule has 2 N–H and O–H groups in total. The van der Waals surface area contributed by atoms with Crippen molar-refractivity contribution in [3.8, 4) is 0 Å². The summed E-state index contributed by atoms with van der Waals surface area (Å²) in [6.07, 6.45) is 2.68. The van der Waals surface area contributed by atoms with Gasteiger partial charge in [-0.15, -0.1) is 0 Å². The summed E-state index contributed by atoms with van der Waals surface area (Å²) in [5.74, 6) is -0.709. The number of hydrogen-bond acceptors (Lipinski definition) is 4. The molecule has 6 heteroatoms. The van der Waals surface area contributed by atoms with Crippen molar-refractivity contribution in [2.45, 2.75) is 52.0 Å². The van der Waals surface area contributed by atoms with E-state index in [1.54, 1.807) is 13.8 Å². The topological polar surface area (TPSA) is 92.4 Å². The molecule has 0 aliphatic heterocycles. The van der Waals surface area contributed by atoms with E-state index in [-0.39, 0.29) is 11.7 Å². The lowest BCUT2D eigenvalue weighted by Crippen LogP contribution is -2.56. The fraction of sp³-hybridized carbons (Fsp3) is 0.643. The van der Waals surface area contributed by atoms with Gasteiger partial charge in [0.15, 0.2) is 5.89 Å². The maximum Gasteiger partial charge on any atom is 0.329 e. The molecule has 1 aliphatic carbocycles. The number of carbonyl (C=O) groups excluding carboxylic acids is 1. The Bertz CT molecular complexity index is 537. The number of nitrogens with one attached hydrogen (secondary N) is 1. The molecule has 2 atom stereocenters. The van der Waals surface area contributed by atoms with Crippen LogP contribution in [0.2, 0.25) is 0 Å². The van der Waals surface area contributed by atoms with E-state index in [4.69, 9.17) is 4.42 Å². The highest BCUT2D eigenvalue weighted by molar-refractivity contribution is 5.96. The molecule has 6 nitrogen and oxygen atoms in total. The number of aliphatic carboxylic acids is 1. The van der Waals surface area contributed by atoms with E-state index in [1.165, 1.54) is 0 Å². The van der Waals surface area contributed by atoms with Gasteiger partial charge in [-0.25, -0.2) is 9.78 Å². The lowest BCUT2D eigenvalue weighted by atomic mass is 9.76. The molecule has 0 spiro atoms. The highest BCUT2D eigenvalue weighted by atomic mass is 16.4. The van der Waals surface area contributed by atoms with Gasteiger partial charge >= 0.3 is 5.97 Å². The molecule has 1 saturated carbocycles. The second-order valence-corrected chi connectivity index (χ2v) is 5.69. The molecule has 1 aliphatic rings. The Morgan fingerprint density at radius 1 is 1.45 bits per heavy atom. The van der Waals surface area contributed by atoms with Crippen molar-refractivity contribution in [1.29, 1.82) is 0 Å². The van der Waals surface area contributed by atoms with E-state index in [2.05, 4.69) is 10.3 Å². The number of oxazole rings is 1. The Balaban J connectivity index is 2.22. The van der Waals surface area contributed by atoms with Crippen LogP contribution in [0.3, 0.4) is 0 Å². The zero-order chi connectivity index (χ0) is 14.9. The Morgan fingerprint density at radius 3 is 2.65 bits per heavy atom. The molecule has 0 bridgehead atoms. The summed E-state index contributed by atoms with van der Waals surface area (Å²) in [5.41, 5.74) is -0.716. The van der Waals surface area contributed by atoms with E-state index in [0.29, 0.717) is 24.4 Å². The van der Waals surface area contributed by atoms with Crippen LogP contribution in [0.5, 0.6) is 0 Å². The van der Waals surface area contributed by atoms with Crippen molar-refractivity contribution in [2.75, 3.05) is 0 Å². The number of carboxylic acid groups (broad SMARTS) is 1. The number of aromatic nitrogens is 1. The normalized spacial score (nSPS) is 26.2. The third kappa shape index (κ3) is 2.69. The van der Waals surface area contributed by atoms with Crippen LogP contribution in [0.1, 0.15) is 54.7 Å². The first-order chi connectivity index (χ1) is 9.34. The van der Waals surface area contributed by atoms with Gasteiger partial charge in [0.2, 0.25) is 5.76 Å². The van der Waals surface area contributed by atoms with Crippen LogP contribution in [-0.4, -0.2) is 27.5 Å². The number of amides is 1. The first kappa shape index (κ1) is 14.6. The van der Waals surface area contributed by atoms with E-state index in [9.17, 15) is 14.7 Å². The highest BCUT2D eigenvalue weighted by Gasteiger charge is 2.44. The molecule has 1 amide bonds. The standard InChI is InChI=1S/C14H20N2O4/c1-8-5-4-6-14(7-8,13(18)19)16-12(17)11-9(2)15-10(3)20-11/h8H,4-7H2,1-3H3,(H,16,17)(H,18,19). The van der Waals surface area contributed by atoms with E-state index >= 15 is 0 Å². The van der Waals surface area contributed by atoms with Crippen molar-refractivity contribution < 1.29 is 19.1 Å². The number of hydrogen-bond donors (Lipinski definition) is 2. The van der Waals surface area contributed by atoms with Gasteiger partial charge in [0.25, 0.3) is 5.91 Å². The number of carboxylic acids is 1. The van der Waals surface area contributed by atoms with E-state index in [0.717, 1.165) is 12.8 Å². The lowest BCUT2D eigenvalue weighted by molar-refractivity contribution is -0.146. The van der Waals surface area contributed by atoms with Crippen molar-refractivity contribution in [3.63, 3.8) is 0 Å². The van der Waals surface area contributed by atoms with Gasteiger partial charge in [-0.05, 0) is 25.7 Å². The predicted octanol–water partition coefficient (Wildman–Crippen LogP) is 2.05. The van der Waals surface area contributed by atoms with Crippen molar-refractivity contribution in [3.05, 3.63) is 17.3 Å². The number of carbonyl (C=O) groups is 2. The first-order valence-electron chi connectivity index (χ1n) is 6.84. The molecule has 2 rings (SSSR count). The van der Waals surface area contributed by atoms with Crippen LogP contribution >= 0.6 is 0 Å². The maximum atomic E-state index is 12.3. The maximum absolute atomic E-state index is 12.3. The van der Waals surface area contributed by atoms with Crippen LogP contribution in [0.15, 0.2) is 4.42 Å². The minimum absolute atomic E-state index is 0.0985. The third-order valence-electron chi connectivity index (χ3n) is 3.87. The minimum atomic E-state index is -1.19. The third-order valence-corrected chi connectivity index (χ3v) is 3.87. The summed E-state index contributed by atoms with van der Waals surface area (Å²) in [6.45, 7) is 5.33. The zero-order valence-corrected chi connectivity index (χ0v) is 12.0. The number of aryl methyl sites for hydroxylation is 2.